The molecule has 1 saturated carbocycles. The highest BCUT2D eigenvalue weighted by molar-refractivity contribution is 14.0. The second-order valence-electron chi connectivity index (χ2n) is 6.19. The van der Waals surface area contributed by atoms with Crippen LogP contribution in [0.2, 0.25) is 0 Å². The normalized spacial score (nSPS) is 13.4. The molecule has 1 fully saturated rings. The van der Waals surface area contributed by atoms with Gasteiger partial charge in [-0.15, -0.1) is 24.0 Å². The van der Waals surface area contributed by atoms with Gasteiger partial charge in [0, 0.05) is 32.1 Å². The zero-order valence-corrected chi connectivity index (χ0v) is 18.7. The summed E-state index contributed by atoms with van der Waals surface area (Å²) in [4.78, 5) is 16.2. The molecule has 0 bridgehead atoms. The average Bonchev–Trinajstić information content (AvgIpc) is 3.50. The number of benzene rings is 1. The van der Waals surface area contributed by atoms with E-state index >= 15 is 0 Å². The van der Waals surface area contributed by atoms with Crippen LogP contribution in [0.4, 0.5) is 0 Å². The Bertz CT molecular complexity index is 621. The molecule has 1 aromatic rings. The quantitative estimate of drug-likeness (QED) is 0.202. The summed E-state index contributed by atoms with van der Waals surface area (Å²) >= 11 is 0. The Labute approximate surface area is 178 Å². The number of hydrogen-bond donors (Lipinski definition) is 3. The first-order valence-corrected chi connectivity index (χ1v) is 9.18. The Kier molecular flexibility index (Phi) is 10.9. The number of nitrogens with zero attached hydrogens (tertiary/aromatic N) is 1. The number of ether oxygens (including phenoxy) is 2. The molecule has 8 heteroatoms. The van der Waals surface area contributed by atoms with Gasteiger partial charge in [0.25, 0.3) is 0 Å². The molecule has 7 nitrogen and oxygen atoms in total. The summed E-state index contributed by atoms with van der Waals surface area (Å²) in [6.45, 7) is 4.73. The van der Waals surface area contributed by atoms with E-state index in [1.54, 1.807) is 14.2 Å². The fourth-order valence-corrected chi connectivity index (χ4v) is 2.53. The fraction of sp³-hybridized carbons (Fsp3) is 0.579. The molecule has 0 atom stereocenters. The zero-order valence-electron chi connectivity index (χ0n) is 16.3. The van der Waals surface area contributed by atoms with Crippen LogP contribution < -0.4 is 25.4 Å². The molecule has 0 heterocycles. The largest absolute Gasteiger partial charge is 0.493 e. The van der Waals surface area contributed by atoms with Crippen molar-refractivity contribution in [1.82, 2.24) is 16.0 Å². The van der Waals surface area contributed by atoms with Crippen molar-refractivity contribution < 1.29 is 14.3 Å². The molecule has 1 amide bonds. The number of carbonyl (C=O) groups excluding carboxylic acids is 1. The van der Waals surface area contributed by atoms with E-state index in [9.17, 15) is 4.79 Å². The van der Waals surface area contributed by atoms with Gasteiger partial charge in [0.1, 0.15) is 0 Å². The van der Waals surface area contributed by atoms with Crippen LogP contribution >= 0.6 is 24.0 Å². The van der Waals surface area contributed by atoms with Crippen LogP contribution in [-0.4, -0.2) is 52.3 Å². The third-order valence-electron chi connectivity index (χ3n) is 4.13. The van der Waals surface area contributed by atoms with Gasteiger partial charge in [0.05, 0.1) is 14.2 Å². The van der Waals surface area contributed by atoms with Crippen molar-refractivity contribution in [2.45, 2.75) is 26.2 Å². The van der Waals surface area contributed by atoms with E-state index in [2.05, 4.69) is 20.9 Å². The number of halogens is 1. The zero-order chi connectivity index (χ0) is 18.8. The molecule has 2 rings (SSSR count). The number of guanidine groups is 1. The van der Waals surface area contributed by atoms with E-state index in [-0.39, 0.29) is 35.8 Å². The Morgan fingerprint density at radius 1 is 1.11 bits per heavy atom. The molecule has 1 aliphatic carbocycles. The standard InChI is InChI=1S/C19H30N4O3.HI/c1-4-20-19(23-12-11-21-18(24)15-6-7-15)22-10-9-14-5-8-16(25-2)17(13-14)26-3;/h5,8,13,15H,4,6-7,9-12H2,1-3H3,(H,21,24)(H2,20,22,23);1H. The minimum Gasteiger partial charge on any atom is -0.493 e. The van der Waals surface area contributed by atoms with Gasteiger partial charge in [-0.2, -0.15) is 0 Å². The maximum absolute atomic E-state index is 11.6. The van der Waals surface area contributed by atoms with E-state index in [1.807, 2.05) is 25.1 Å². The van der Waals surface area contributed by atoms with Crippen LogP contribution in [0.3, 0.4) is 0 Å². The lowest BCUT2D eigenvalue weighted by molar-refractivity contribution is -0.122. The number of methoxy groups -OCH3 is 2. The first-order valence-electron chi connectivity index (χ1n) is 9.18. The van der Waals surface area contributed by atoms with E-state index in [0.29, 0.717) is 19.6 Å². The topological polar surface area (TPSA) is 84.0 Å². The van der Waals surface area contributed by atoms with Crippen LogP contribution in [-0.2, 0) is 11.2 Å². The summed E-state index contributed by atoms with van der Waals surface area (Å²) < 4.78 is 10.6. The molecule has 1 aromatic carbocycles. The lowest BCUT2D eigenvalue weighted by Gasteiger charge is -2.12. The lowest BCUT2D eigenvalue weighted by Crippen LogP contribution is -2.41. The summed E-state index contributed by atoms with van der Waals surface area (Å²) in [5, 5.41) is 9.39. The Morgan fingerprint density at radius 3 is 2.44 bits per heavy atom. The maximum Gasteiger partial charge on any atom is 0.223 e. The second kappa shape index (κ2) is 12.6. The first kappa shape index (κ1) is 23.3. The van der Waals surface area contributed by atoms with Gasteiger partial charge >= 0.3 is 0 Å². The van der Waals surface area contributed by atoms with Crippen LogP contribution in [0.5, 0.6) is 11.5 Å². The fourth-order valence-electron chi connectivity index (χ4n) is 2.53. The predicted octanol–water partition coefficient (Wildman–Crippen LogP) is 1.95. The van der Waals surface area contributed by atoms with Crippen molar-refractivity contribution in [1.29, 1.82) is 0 Å². The summed E-state index contributed by atoms with van der Waals surface area (Å²) in [5.74, 6) is 2.63. The molecule has 0 spiro atoms. The number of nitrogens with one attached hydrogen (secondary N) is 3. The molecule has 27 heavy (non-hydrogen) atoms. The summed E-state index contributed by atoms with van der Waals surface area (Å²) in [6, 6.07) is 5.90. The van der Waals surface area contributed by atoms with Gasteiger partial charge in [0.2, 0.25) is 5.91 Å². The predicted molar refractivity (Wildman–Crippen MR) is 118 cm³/mol. The van der Waals surface area contributed by atoms with Crippen molar-refractivity contribution in [2.24, 2.45) is 10.9 Å². The van der Waals surface area contributed by atoms with Crippen molar-refractivity contribution in [2.75, 3.05) is 40.4 Å². The highest BCUT2D eigenvalue weighted by Crippen LogP contribution is 2.28. The highest BCUT2D eigenvalue weighted by atomic mass is 127. The third-order valence-corrected chi connectivity index (χ3v) is 4.13. The Balaban J connectivity index is 0.00000364. The molecule has 0 unspecified atom stereocenters. The molecule has 0 radical (unpaired) electrons. The minimum absolute atomic E-state index is 0. The van der Waals surface area contributed by atoms with Crippen LogP contribution in [0.15, 0.2) is 23.2 Å². The molecule has 0 saturated heterocycles. The number of carbonyl (C=O) groups is 1. The molecular formula is C19H31IN4O3. The van der Waals surface area contributed by atoms with Gasteiger partial charge < -0.3 is 25.4 Å². The second-order valence-corrected chi connectivity index (χ2v) is 6.19. The lowest BCUT2D eigenvalue weighted by atomic mass is 10.1. The maximum atomic E-state index is 11.6. The van der Waals surface area contributed by atoms with Crippen LogP contribution in [0.25, 0.3) is 0 Å². The third kappa shape index (κ3) is 8.23. The van der Waals surface area contributed by atoms with E-state index in [4.69, 9.17) is 9.47 Å². The van der Waals surface area contributed by atoms with Gasteiger partial charge in [-0.3, -0.25) is 9.79 Å². The average molecular weight is 490 g/mol. The summed E-state index contributed by atoms with van der Waals surface area (Å²) in [6.07, 6.45) is 2.86. The molecule has 0 aromatic heterocycles. The van der Waals surface area contributed by atoms with E-state index < -0.39 is 0 Å². The number of amides is 1. The Morgan fingerprint density at radius 2 is 1.81 bits per heavy atom. The van der Waals surface area contributed by atoms with Crippen LogP contribution in [0, 0.1) is 5.92 Å². The van der Waals surface area contributed by atoms with E-state index in [1.165, 1.54) is 0 Å². The van der Waals surface area contributed by atoms with Crippen molar-refractivity contribution in [3.05, 3.63) is 23.8 Å². The van der Waals surface area contributed by atoms with Crippen molar-refractivity contribution in [3.63, 3.8) is 0 Å². The van der Waals surface area contributed by atoms with Gasteiger partial charge in [-0.25, -0.2) is 0 Å². The SMILES string of the molecule is CCNC(=NCCc1ccc(OC)c(OC)c1)NCCNC(=O)C1CC1.I. The first-order chi connectivity index (χ1) is 12.7. The molecule has 1 aliphatic rings. The smallest absolute Gasteiger partial charge is 0.223 e. The highest BCUT2D eigenvalue weighted by Gasteiger charge is 2.28. The summed E-state index contributed by atoms with van der Waals surface area (Å²) in [7, 11) is 3.26. The molecular weight excluding hydrogens is 459 g/mol. The van der Waals surface area contributed by atoms with Gasteiger partial charge in [0.15, 0.2) is 17.5 Å². The Hall–Kier alpha value is -1.71. The molecule has 0 aliphatic heterocycles. The number of rotatable bonds is 10. The monoisotopic (exact) mass is 490 g/mol. The molecule has 3 N–H and O–H groups in total. The summed E-state index contributed by atoms with van der Waals surface area (Å²) in [5.41, 5.74) is 1.14. The minimum atomic E-state index is 0. The number of hydrogen-bond acceptors (Lipinski definition) is 4. The van der Waals surface area contributed by atoms with Crippen molar-refractivity contribution >= 4 is 35.8 Å². The van der Waals surface area contributed by atoms with E-state index in [0.717, 1.165) is 48.8 Å². The van der Waals surface area contributed by atoms with Crippen molar-refractivity contribution in [3.8, 4) is 11.5 Å². The molecule has 152 valence electrons. The number of aliphatic imine (C=N–C) groups is 1. The van der Waals surface area contributed by atoms with Gasteiger partial charge in [-0.1, -0.05) is 6.07 Å². The van der Waals surface area contributed by atoms with Crippen LogP contribution in [0.1, 0.15) is 25.3 Å². The van der Waals surface area contributed by atoms with Gasteiger partial charge in [-0.05, 0) is 43.9 Å².